The van der Waals surface area contributed by atoms with E-state index < -0.39 is 20.4 Å². The Bertz CT molecular complexity index is 10.0. The van der Waals surface area contributed by atoms with Gasteiger partial charge in [0, 0.05) is 0 Å². The second kappa shape index (κ2) is 4.05. The summed E-state index contributed by atoms with van der Waals surface area (Å²) in [4.78, 5) is 0. The van der Waals surface area contributed by atoms with Crippen molar-refractivity contribution in [3.05, 3.63) is 0 Å². The Morgan fingerprint density at radius 2 is 2.25 bits per heavy atom. The van der Waals surface area contributed by atoms with Crippen molar-refractivity contribution in [2.45, 2.75) is 0 Å². The fraction of sp³-hybridized carbons (Fsp3) is 1.00. The van der Waals surface area contributed by atoms with E-state index in [1.807, 2.05) is 0 Å². The summed E-state index contributed by atoms with van der Waals surface area (Å²) in [7, 11) is 6.76. The number of halogens is 1. The molecule has 0 bridgehead atoms. The molecule has 0 saturated heterocycles. The standard InChI is InChI=1S/CH3O.ClH.Sn/c1-2;;/h1H3;1H;/q-1;;+2/p-1. The Hall–Kier alpha value is 1.05. The van der Waals surface area contributed by atoms with Gasteiger partial charge in [-0.25, -0.2) is 0 Å². The predicted octanol–water partition coefficient (Wildman–Crippen LogP) is 0.406. The van der Waals surface area contributed by atoms with Crippen LogP contribution in [0.1, 0.15) is 0 Å². The van der Waals surface area contributed by atoms with Crippen molar-refractivity contribution in [2.24, 2.45) is 0 Å². The van der Waals surface area contributed by atoms with Crippen molar-refractivity contribution in [1.82, 2.24) is 0 Å². The summed E-state index contributed by atoms with van der Waals surface area (Å²) in [6, 6.07) is 0. The van der Waals surface area contributed by atoms with Crippen LogP contribution in [0.5, 0.6) is 0 Å². The van der Waals surface area contributed by atoms with Crippen LogP contribution >= 0.6 is 8.92 Å². The molecule has 0 heterocycles. The summed E-state index contributed by atoms with van der Waals surface area (Å²) >= 11 is -0.804. The monoisotopic (exact) mass is 186 g/mol. The van der Waals surface area contributed by atoms with E-state index in [4.69, 9.17) is 8.92 Å². The molecule has 2 radical (unpaired) electrons. The topological polar surface area (TPSA) is 9.23 Å². The van der Waals surface area contributed by atoms with Crippen molar-refractivity contribution in [1.29, 1.82) is 0 Å². The van der Waals surface area contributed by atoms with Crippen LogP contribution in [-0.4, -0.2) is 27.5 Å². The molecule has 0 aromatic rings. The second-order valence-electron chi connectivity index (χ2n) is 0.281. The fourth-order valence-electron chi connectivity index (χ4n) is 0. The van der Waals surface area contributed by atoms with Gasteiger partial charge >= 0.3 is 39.5 Å². The van der Waals surface area contributed by atoms with E-state index in [1.165, 1.54) is 0 Å². The molecule has 24 valence electrons. The zero-order chi connectivity index (χ0) is 3.41. The SMILES string of the molecule is C[O][Sn][Cl]. The Balaban J connectivity index is 1.97. The molecule has 0 atom stereocenters. The molecule has 0 spiro atoms. The molecular weight excluding hydrogens is 182 g/mol. The summed E-state index contributed by atoms with van der Waals surface area (Å²) in [5, 5.41) is 0. The first-order chi connectivity index (χ1) is 1.91. The third-order valence-corrected chi connectivity index (χ3v) is 1.55. The van der Waals surface area contributed by atoms with Crippen molar-refractivity contribution in [3.63, 3.8) is 0 Å². The van der Waals surface area contributed by atoms with Crippen molar-refractivity contribution in [2.75, 3.05) is 7.11 Å². The van der Waals surface area contributed by atoms with Crippen molar-refractivity contribution >= 4 is 29.4 Å². The fourth-order valence-corrected chi connectivity index (χ4v) is 0. The van der Waals surface area contributed by atoms with Crippen LogP contribution in [0.25, 0.3) is 0 Å². The zero-order valence-corrected chi connectivity index (χ0v) is 5.90. The van der Waals surface area contributed by atoms with Gasteiger partial charge in [0.2, 0.25) is 0 Å². The molecule has 0 amide bonds. The molecule has 0 aliphatic heterocycles. The summed E-state index contributed by atoms with van der Waals surface area (Å²) in [5.41, 5.74) is 0. The van der Waals surface area contributed by atoms with Crippen LogP contribution < -0.4 is 0 Å². The van der Waals surface area contributed by atoms with Gasteiger partial charge in [-0.05, 0) is 0 Å². The van der Waals surface area contributed by atoms with Crippen molar-refractivity contribution < 1.29 is 3.07 Å². The third-order valence-electron chi connectivity index (χ3n) is 0.0772. The Labute approximate surface area is 39.8 Å². The first-order valence-corrected chi connectivity index (χ1v) is 5.58. The molecule has 0 fully saturated rings. The minimum absolute atomic E-state index is 0.804. The van der Waals surface area contributed by atoms with Gasteiger partial charge in [-0.3, -0.25) is 0 Å². The molecule has 0 N–H and O–H groups in total. The second-order valence-corrected chi connectivity index (χ2v) is 2.92. The van der Waals surface area contributed by atoms with E-state index in [2.05, 4.69) is 3.07 Å². The van der Waals surface area contributed by atoms with Crippen LogP contribution in [0.3, 0.4) is 0 Å². The summed E-state index contributed by atoms with van der Waals surface area (Å²) in [5.74, 6) is 0. The molecule has 1 nitrogen and oxygen atoms in total. The van der Waals surface area contributed by atoms with Gasteiger partial charge < -0.3 is 0 Å². The first kappa shape index (κ1) is 5.05. The van der Waals surface area contributed by atoms with Gasteiger partial charge in [0.05, 0.1) is 0 Å². The van der Waals surface area contributed by atoms with Gasteiger partial charge in [0.15, 0.2) is 0 Å². The van der Waals surface area contributed by atoms with E-state index in [0.717, 1.165) is 0 Å². The Kier molecular flexibility index (Phi) is 5.11. The molecule has 0 saturated carbocycles. The van der Waals surface area contributed by atoms with E-state index in [9.17, 15) is 0 Å². The van der Waals surface area contributed by atoms with Crippen LogP contribution in [0.4, 0.5) is 0 Å². The molecule has 0 unspecified atom stereocenters. The number of hydrogen-bond donors (Lipinski definition) is 0. The van der Waals surface area contributed by atoms with Crippen molar-refractivity contribution in [3.8, 4) is 0 Å². The third kappa shape index (κ3) is 3.05. The van der Waals surface area contributed by atoms with Crippen LogP contribution in [0.2, 0.25) is 0 Å². The van der Waals surface area contributed by atoms with Gasteiger partial charge in [-0.15, -0.1) is 0 Å². The minimum atomic E-state index is -0.804. The summed E-state index contributed by atoms with van der Waals surface area (Å²) in [6.45, 7) is 0. The molecule has 3 heteroatoms. The van der Waals surface area contributed by atoms with Gasteiger partial charge in [0.1, 0.15) is 0 Å². The molecule has 4 heavy (non-hydrogen) atoms. The van der Waals surface area contributed by atoms with E-state index >= 15 is 0 Å². The Morgan fingerprint density at radius 1 is 2.00 bits per heavy atom. The van der Waals surface area contributed by atoms with Crippen LogP contribution in [-0.2, 0) is 3.07 Å². The summed E-state index contributed by atoms with van der Waals surface area (Å²) < 4.78 is 4.48. The van der Waals surface area contributed by atoms with Gasteiger partial charge in [0.25, 0.3) is 0 Å². The van der Waals surface area contributed by atoms with Gasteiger partial charge in [-0.1, -0.05) is 0 Å². The quantitative estimate of drug-likeness (QED) is 0.537. The normalized spacial score (nSPS) is 7.50. The predicted molar refractivity (Wildman–Crippen MR) is 18.6 cm³/mol. The molecule has 0 aliphatic carbocycles. The van der Waals surface area contributed by atoms with Gasteiger partial charge in [-0.2, -0.15) is 0 Å². The van der Waals surface area contributed by atoms with Crippen LogP contribution in [0, 0.1) is 0 Å². The molecule has 0 aromatic heterocycles. The maximum absolute atomic E-state index is 5.13. The average Bonchev–Trinajstić information content (AvgIpc) is 1.37. The molecule has 0 rings (SSSR count). The average molecular weight is 185 g/mol. The number of hydrogen-bond acceptors (Lipinski definition) is 1. The molecule has 0 aliphatic rings. The maximum atomic E-state index is 5.13. The molecular formula is CH3ClOSn. The first-order valence-electron chi connectivity index (χ1n) is 0.801. The van der Waals surface area contributed by atoms with E-state index in [-0.39, 0.29) is 0 Å². The summed E-state index contributed by atoms with van der Waals surface area (Å²) in [6.07, 6.45) is 0. The molecule has 0 aromatic carbocycles. The van der Waals surface area contributed by atoms with Crippen LogP contribution in [0.15, 0.2) is 0 Å². The van der Waals surface area contributed by atoms with E-state index in [1.54, 1.807) is 7.11 Å². The Morgan fingerprint density at radius 3 is 2.25 bits per heavy atom. The number of rotatable bonds is 1. The zero-order valence-electron chi connectivity index (χ0n) is 2.29. The van der Waals surface area contributed by atoms with E-state index in [0.29, 0.717) is 0 Å².